The monoisotopic (exact) mass is 279 g/mol. The van der Waals surface area contributed by atoms with Crippen molar-refractivity contribution in [1.82, 2.24) is 5.32 Å². The maximum Gasteiger partial charge on any atom is 0.309 e. The molecule has 0 bridgehead atoms. The van der Waals surface area contributed by atoms with Crippen LogP contribution < -0.4 is 5.32 Å². The number of rotatable bonds is 10. The lowest BCUT2D eigenvalue weighted by Gasteiger charge is -2.10. The van der Waals surface area contributed by atoms with Crippen LogP contribution in [0.15, 0.2) is 24.3 Å². The van der Waals surface area contributed by atoms with E-state index in [4.69, 9.17) is 9.47 Å². The Morgan fingerprint density at radius 1 is 1.20 bits per heavy atom. The van der Waals surface area contributed by atoms with Crippen LogP contribution in [0.2, 0.25) is 0 Å². The molecule has 0 spiro atoms. The van der Waals surface area contributed by atoms with Crippen LogP contribution in [0.25, 0.3) is 0 Å². The summed E-state index contributed by atoms with van der Waals surface area (Å²) in [6.07, 6.45) is 2.59. The van der Waals surface area contributed by atoms with Crippen molar-refractivity contribution in [3.8, 4) is 0 Å². The summed E-state index contributed by atoms with van der Waals surface area (Å²) in [5.41, 5.74) is 2.14. The van der Waals surface area contributed by atoms with Crippen molar-refractivity contribution in [2.75, 3.05) is 26.9 Å². The van der Waals surface area contributed by atoms with Gasteiger partial charge in [0, 0.05) is 19.7 Å². The fourth-order valence-corrected chi connectivity index (χ4v) is 1.85. The van der Waals surface area contributed by atoms with E-state index in [1.807, 2.05) is 24.3 Å². The molecule has 20 heavy (non-hydrogen) atoms. The van der Waals surface area contributed by atoms with Crippen molar-refractivity contribution in [2.24, 2.45) is 0 Å². The second kappa shape index (κ2) is 10.4. The number of ether oxygens (including phenoxy) is 2. The van der Waals surface area contributed by atoms with E-state index in [9.17, 15) is 4.79 Å². The largest absolute Gasteiger partial charge is 0.469 e. The van der Waals surface area contributed by atoms with E-state index in [1.54, 1.807) is 0 Å². The maximum atomic E-state index is 11.3. The van der Waals surface area contributed by atoms with E-state index in [0.717, 1.165) is 50.3 Å². The molecule has 1 rings (SSSR count). The highest BCUT2D eigenvalue weighted by molar-refractivity contribution is 5.72. The summed E-state index contributed by atoms with van der Waals surface area (Å²) in [5, 5.41) is 3.33. The van der Waals surface area contributed by atoms with E-state index in [1.165, 1.54) is 7.11 Å². The third kappa shape index (κ3) is 6.68. The lowest BCUT2D eigenvalue weighted by Crippen LogP contribution is -2.20. The Morgan fingerprint density at radius 3 is 2.65 bits per heavy atom. The normalized spacial score (nSPS) is 10.5. The van der Waals surface area contributed by atoms with Crippen LogP contribution >= 0.6 is 0 Å². The number of hydrogen-bond donors (Lipinski definition) is 1. The average Bonchev–Trinajstić information content (AvgIpc) is 2.47. The van der Waals surface area contributed by atoms with Gasteiger partial charge in [0.25, 0.3) is 0 Å². The van der Waals surface area contributed by atoms with Gasteiger partial charge in [-0.2, -0.15) is 0 Å². The van der Waals surface area contributed by atoms with Gasteiger partial charge in [0.1, 0.15) is 0 Å². The number of nitrogens with one attached hydrogen (secondary N) is 1. The van der Waals surface area contributed by atoms with E-state index >= 15 is 0 Å². The minimum atomic E-state index is -0.208. The third-order valence-corrected chi connectivity index (χ3v) is 3.06. The molecule has 1 aromatic carbocycles. The molecule has 0 fully saturated rings. The van der Waals surface area contributed by atoms with Crippen LogP contribution in [-0.2, 0) is 27.2 Å². The van der Waals surface area contributed by atoms with Crippen LogP contribution in [0, 0.1) is 0 Å². The van der Waals surface area contributed by atoms with Crippen molar-refractivity contribution < 1.29 is 14.3 Å². The minimum Gasteiger partial charge on any atom is -0.469 e. The molecule has 0 saturated heterocycles. The molecule has 0 aliphatic carbocycles. The second-order valence-corrected chi connectivity index (χ2v) is 4.66. The topological polar surface area (TPSA) is 47.6 Å². The zero-order valence-corrected chi connectivity index (χ0v) is 12.5. The molecule has 0 heterocycles. The van der Waals surface area contributed by atoms with E-state index in [2.05, 4.69) is 12.2 Å². The van der Waals surface area contributed by atoms with Crippen molar-refractivity contribution in [3.63, 3.8) is 0 Å². The number of benzene rings is 1. The molecule has 112 valence electrons. The predicted molar refractivity (Wildman–Crippen MR) is 79.6 cm³/mol. The number of carbonyl (C=O) groups is 1. The summed E-state index contributed by atoms with van der Waals surface area (Å²) >= 11 is 0. The molecular formula is C16H25NO3. The Bertz CT molecular complexity index is 393. The highest BCUT2D eigenvalue weighted by Crippen LogP contribution is 2.09. The summed E-state index contributed by atoms with van der Waals surface area (Å²) in [6.45, 7) is 5.26. The molecule has 4 heteroatoms. The van der Waals surface area contributed by atoms with Crippen LogP contribution in [-0.4, -0.2) is 32.8 Å². The smallest absolute Gasteiger partial charge is 0.309 e. The van der Waals surface area contributed by atoms with Gasteiger partial charge in [-0.05, 0) is 17.5 Å². The van der Waals surface area contributed by atoms with Crippen LogP contribution in [0.3, 0.4) is 0 Å². The summed E-state index contributed by atoms with van der Waals surface area (Å²) in [7, 11) is 1.41. The first-order valence-electron chi connectivity index (χ1n) is 7.20. The summed E-state index contributed by atoms with van der Waals surface area (Å²) in [6, 6.07) is 7.92. The van der Waals surface area contributed by atoms with Gasteiger partial charge >= 0.3 is 5.97 Å². The number of unbranched alkanes of at least 4 members (excludes halogenated alkanes) is 1. The first-order valence-corrected chi connectivity index (χ1v) is 7.20. The van der Waals surface area contributed by atoms with Crippen molar-refractivity contribution in [2.45, 2.75) is 32.7 Å². The molecule has 0 atom stereocenters. The molecule has 0 amide bonds. The highest BCUT2D eigenvalue weighted by atomic mass is 16.5. The Kier molecular flexibility index (Phi) is 8.67. The van der Waals surface area contributed by atoms with Crippen molar-refractivity contribution in [3.05, 3.63) is 35.4 Å². The van der Waals surface area contributed by atoms with Gasteiger partial charge in [0.2, 0.25) is 0 Å². The molecule has 4 nitrogen and oxygen atoms in total. The highest BCUT2D eigenvalue weighted by Gasteiger charge is 2.07. The van der Waals surface area contributed by atoms with Gasteiger partial charge in [-0.1, -0.05) is 37.6 Å². The van der Waals surface area contributed by atoms with Gasteiger partial charge in [-0.3, -0.25) is 4.79 Å². The number of esters is 1. The van der Waals surface area contributed by atoms with Crippen LogP contribution in [0.5, 0.6) is 0 Å². The molecule has 0 aromatic heterocycles. The second-order valence-electron chi connectivity index (χ2n) is 4.66. The number of hydrogen-bond acceptors (Lipinski definition) is 4. The number of methoxy groups -OCH3 is 1. The van der Waals surface area contributed by atoms with Gasteiger partial charge in [-0.15, -0.1) is 0 Å². The summed E-state index contributed by atoms with van der Waals surface area (Å²) in [5.74, 6) is -0.208. The molecule has 0 radical (unpaired) electrons. The summed E-state index contributed by atoms with van der Waals surface area (Å²) < 4.78 is 10.2. The lowest BCUT2D eigenvalue weighted by molar-refractivity contribution is -0.139. The molecule has 0 unspecified atom stereocenters. The molecular weight excluding hydrogens is 254 g/mol. The molecule has 0 aliphatic heterocycles. The zero-order chi connectivity index (χ0) is 14.6. The van der Waals surface area contributed by atoms with Gasteiger partial charge < -0.3 is 14.8 Å². The van der Waals surface area contributed by atoms with Gasteiger partial charge in [-0.25, -0.2) is 0 Å². The maximum absolute atomic E-state index is 11.3. The number of carbonyl (C=O) groups excluding carboxylic acids is 1. The molecule has 1 aromatic rings. The standard InChI is InChI=1S/C16H25NO3/c1-3-4-10-20-11-9-17-13-15-8-6-5-7-14(15)12-16(18)19-2/h5-8,17H,3-4,9-13H2,1-2H3. The predicted octanol–water partition coefficient (Wildman–Crippen LogP) is 2.31. The first kappa shape index (κ1) is 16.7. The van der Waals surface area contributed by atoms with Crippen molar-refractivity contribution >= 4 is 5.97 Å². The minimum absolute atomic E-state index is 0.208. The first-order chi connectivity index (χ1) is 9.77. The lowest BCUT2D eigenvalue weighted by atomic mass is 10.0. The summed E-state index contributed by atoms with van der Waals surface area (Å²) in [4.78, 5) is 11.3. The van der Waals surface area contributed by atoms with Crippen LogP contribution in [0.4, 0.5) is 0 Å². The average molecular weight is 279 g/mol. The fraction of sp³-hybridized carbons (Fsp3) is 0.562. The Hall–Kier alpha value is -1.39. The van der Waals surface area contributed by atoms with Crippen molar-refractivity contribution in [1.29, 1.82) is 0 Å². The van der Waals surface area contributed by atoms with Gasteiger partial charge in [0.05, 0.1) is 20.1 Å². The molecule has 0 saturated carbocycles. The third-order valence-electron chi connectivity index (χ3n) is 3.06. The van der Waals surface area contributed by atoms with Gasteiger partial charge in [0.15, 0.2) is 0 Å². The van der Waals surface area contributed by atoms with Crippen LogP contribution in [0.1, 0.15) is 30.9 Å². The molecule has 0 aliphatic rings. The van der Waals surface area contributed by atoms with E-state index in [0.29, 0.717) is 6.42 Å². The SMILES string of the molecule is CCCCOCCNCc1ccccc1CC(=O)OC. The van der Waals surface area contributed by atoms with E-state index < -0.39 is 0 Å². The fourth-order valence-electron chi connectivity index (χ4n) is 1.85. The zero-order valence-electron chi connectivity index (χ0n) is 12.5. The molecule has 1 N–H and O–H groups in total. The Balaban J connectivity index is 2.30. The Labute approximate surface area is 121 Å². The van der Waals surface area contributed by atoms with E-state index in [-0.39, 0.29) is 5.97 Å². The Morgan fingerprint density at radius 2 is 1.95 bits per heavy atom. The quantitative estimate of drug-likeness (QED) is 0.527.